The van der Waals surface area contributed by atoms with Crippen molar-refractivity contribution in [1.29, 1.82) is 0 Å². The number of carboxylic acid groups (broad SMARTS) is 1. The van der Waals surface area contributed by atoms with Gasteiger partial charge < -0.3 is 19.1 Å². The summed E-state index contributed by atoms with van der Waals surface area (Å²) in [5.41, 5.74) is 4.49. The minimum Gasteiger partial charge on any atom is -0.497 e. The Labute approximate surface area is 226 Å². The van der Waals surface area contributed by atoms with E-state index in [0.29, 0.717) is 17.8 Å². The maximum absolute atomic E-state index is 12.3. The van der Waals surface area contributed by atoms with Gasteiger partial charge >= 0.3 is 5.97 Å². The molecule has 7 heteroatoms. The molecule has 1 N–H and O–H groups in total. The molecule has 3 aromatic rings. The van der Waals surface area contributed by atoms with E-state index in [1.165, 1.54) is 16.8 Å². The monoisotopic (exact) mass is 518 g/mol. The van der Waals surface area contributed by atoms with E-state index in [0.717, 1.165) is 57.0 Å². The molecule has 38 heavy (non-hydrogen) atoms. The number of fused-ring (bicyclic) bond motifs is 1. The number of aromatic nitrogens is 2. The van der Waals surface area contributed by atoms with Crippen LogP contribution in [0.15, 0.2) is 48.8 Å². The third kappa shape index (κ3) is 5.45. The minimum atomic E-state index is -0.715. The molecule has 7 nitrogen and oxygen atoms in total. The molecule has 2 saturated heterocycles. The van der Waals surface area contributed by atoms with E-state index in [9.17, 15) is 9.90 Å². The second-order valence-electron chi connectivity index (χ2n) is 12.4. The molecule has 2 aromatic heterocycles. The normalized spacial score (nSPS) is 22.7. The van der Waals surface area contributed by atoms with Crippen molar-refractivity contribution in [1.82, 2.24) is 19.2 Å². The molecule has 0 bridgehead atoms. The third-order valence-corrected chi connectivity index (χ3v) is 8.61. The van der Waals surface area contributed by atoms with Gasteiger partial charge in [-0.15, -0.1) is 0 Å². The van der Waals surface area contributed by atoms with Crippen LogP contribution in [0.2, 0.25) is 0 Å². The predicted octanol–water partition coefficient (Wildman–Crippen LogP) is 5.05. The predicted molar refractivity (Wildman–Crippen MR) is 150 cm³/mol. The molecular weight excluding hydrogens is 476 g/mol. The Hall–Kier alpha value is -2.90. The number of piperidine rings is 1. The highest BCUT2D eigenvalue weighted by Gasteiger charge is 2.44. The fraction of sp³-hybridized carbons (Fsp3) is 0.548. The van der Waals surface area contributed by atoms with Crippen LogP contribution in [0.4, 0.5) is 0 Å². The molecule has 2 aliphatic rings. The van der Waals surface area contributed by atoms with Gasteiger partial charge in [0.25, 0.3) is 0 Å². The number of hydrogen-bond donors (Lipinski definition) is 1. The van der Waals surface area contributed by atoms with Crippen molar-refractivity contribution in [2.75, 3.05) is 39.8 Å². The number of aryl methyl sites for hydroxylation is 1. The van der Waals surface area contributed by atoms with Crippen LogP contribution < -0.4 is 4.74 Å². The Morgan fingerprint density at radius 1 is 1.16 bits per heavy atom. The van der Waals surface area contributed by atoms with Gasteiger partial charge in [0, 0.05) is 55.6 Å². The maximum Gasteiger partial charge on any atom is 0.321 e. The zero-order valence-electron chi connectivity index (χ0n) is 23.4. The molecule has 0 spiro atoms. The average molecular weight is 519 g/mol. The lowest BCUT2D eigenvalue weighted by Crippen LogP contribution is -2.48. The highest BCUT2D eigenvalue weighted by atomic mass is 16.5. The number of carbonyl (C=O) groups is 1. The Balaban J connectivity index is 1.30. The van der Waals surface area contributed by atoms with Gasteiger partial charge in [0.05, 0.1) is 7.11 Å². The van der Waals surface area contributed by atoms with Crippen molar-refractivity contribution in [2.24, 2.45) is 11.3 Å². The van der Waals surface area contributed by atoms with Crippen LogP contribution in [-0.2, 0) is 4.79 Å². The second-order valence-corrected chi connectivity index (χ2v) is 12.4. The number of hydrogen-bond acceptors (Lipinski definition) is 5. The molecule has 1 aromatic carbocycles. The number of likely N-dealkylation sites (tertiary alicyclic amines) is 2. The average Bonchev–Trinajstić information content (AvgIpc) is 3.47. The summed E-state index contributed by atoms with van der Waals surface area (Å²) in [5.74, 6) is 1.34. The van der Waals surface area contributed by atoms with E-state index in [1.807, 2.05) is 39.1 Å². The number of nitrogens with zero attached hydrogens (tertiary/aromatic N) is 4. The lowest BCUT2D eigenvalue weighted by Gasteiger charge is -2.36. The standard InChI is InChI=1S/C31H42N4O3/c1-21-7-6-8-23(15-21)26-20-34(29(30(36)37)31(2,3)4)19-24(26)18-33-12-9-22(10-13-33)27-17-32-28-16-25(38-5)11-14-35(27)28/h6-8,11,14-17,22,24,26,29H,9-10,12-13,18-20H2,1-5H3,(H,36,37)/t24-,26+,29-/m0/s1. The number of methoxy groups -OCH3 is 1. The zero-order valence-corrected chi connectivity index (χ0v) is 23.4. The number of ether oxygens (including phenoxy) is 1. The van der Waals surface area contributed by atoms with Gasteiger partial charge in [0.2, 0.25) is 0 Å². The molecule has 0 radical (unpaired) electrons. The summed E-state index contributed by atoms with van der Waals surface area (Å²) < 4.78 is 7.56. The fourth-order valence-corrected chi connectivity index (χ4v) is 6.81. The Morgan fingerprint density at radius 3 is 2.58 bits per heavy atom. The van der Waals surface area contributed by atoms with Crippen LogP contribution in [0.5, 0.6) is 5.75 Å². The molecule has 0 amide bonds. The summed E-state index contributed by atoms with van der Waals surface area (Å²) in [6, 6.07) is 12.3. The van der Waals surface area contributed by atoms with E-state index in [-0.39, 0.29) is 5.41 Å². The number of pyridine rings is 1. The van der Waals surface area contributed by atoms with Crippen LogP contribution in [0.3, 0.4) is 0 Å². The largest absolute Gasteiger partial charge is 0.497 e. The molecule has 4 heterocycles. The summed E-state index contributed by atoms with van der Waals surface area (Å²) in [6.07, 6.45) is 6.29. The molecule has 0 saturated carbocycles. The van der Waals surface area contributed by atoms with E-state index in [1.54, 1.807) is 7.11 Å². The Morgan fingerprint density at radius 2 is 1.92 bits per heavy atom. The summed E-state index contributed by atoms with van der Waals surface area (Å²) in [5, 5.41) is 10.1. The van der Waals surface area contributed by atoms with Crippen LogP contribution >= 0.6 is 0 Å². The first-order chi connectivity index (χ1) is 18.1. The van der Waals surface area contributed by atoms with Gasteiger partial charge in [0.1, 0.15) is 17.4 Å². The maximum atomic E-state index is 12.3. The quantitative estimate of drug-likeness (QED) is 0.472. The summed E-state index contributed by atoms with van der Waals surface area (Å²) in [6.45, 7) is 13.0. The molecule has 5 rings (SSSR count). The molecule has 0 unspecified atom stereocenters. The highest BCUT2D eigenvalue weighted by molar-refractivity contribution is 5.74. The Bertz CT molecular complexity index is 1270. The summed E-state index contributed by atoms with van der Waals surface area (Å²) >= 11 is 0. The minimum absolute atomic E-state index is 0.325. The van der Waals surface area contributed by atoms with Crippen molar-refractivity contribution in [3.63, 3.8) is 0 Å². The van der Waals surface area contributed by atoms with Gasteiger partial charge in [-0.3, -0.25) is 9.69 Å². The smallest absolute Gasteiger partial charge is 0.321 e. The van der Waals surface area contributed by atoms with Crippen molar-refractivity contribution >= 4 is 11.6 Å². The first kappa shape index (κ1) is 26.7. The SMILES string of the molecule is COc1ccn2c(C3CCN(C[C@H]4CN([C@@H](C(=O)O)C(C)(C)C)C[C@@H]4c4cccc(C)c4)CC3)cnc2c1. The number of rotatable bonds is 7. The zero-order chi connectivity index (χ0) is 27.0. The first-order valence-corrected chi connectivity index (χ1v) is 13.9. The van der Waals surface area contributed by atoms with Gasteiger partial charge in [-0.25, -0.2) is 4.98 Å². The third-order valence-electron chi connectivity index (χ3n) is 8.61. The van der Waals surface area contributed by atoms with Gasteiger partial charge in [-0.05, 0) is 55.8 Å². The fourth-order valence-electron chi connectivity index (χ4n) is 6.81. The van der Waals surface area contributed by atoms with Gasteiger partial charge in [0.15, 0.2) is 0 Å². The van der Waals surface area contributed by atoms with Crippen LogP contribution in [-0.4, -0.2) is 76.1 Å². The highest BCUT2D eigenvalue weighted by Crippen LogP contribution is 2.39. The van der Waals surface area contributed by atoms with Crippen molar-refractivity contribution < 1.29 is 14.6 Å². The van der Waals surface area contributed by atoms with Crippen LogP contribution in [0, 0.1) is 18.3 Å². The van der Waals surface area contributed by atoms with Crippen molar-refractivity contribution in [3.8, 4) is 5.75 Å². The van der Waals surface area contributed by atoms with Crippen molar-refractivity contribution in [3.05, 3.63) is 65.6 Å². The van der Waals surface area contributed by atoms with E-state index >= 15 is 0 Å². The second kappa shape index (κ2) is 10.7. The molecule has 0 aliphatic carbocycles. The summed E-state index contributed by atoms with van der Waals surface area (Å²) in [4.78, 5) is 21.8. The summed E-state index contributed by atoms with van der Waals surface area (Å²) in [7, 11) is 1.68. The van der Waals surface area contributed by atoms with Gasteiger partial charge in [-0.1, -0.05) is 50.6 Å². The van der Waals surface area contributed by atoms with Crippen LogP contribution in [0.25, 0.3) is 5.65 Å². The molecule has 2 aliphatic heterocycles. The van der Waals surface area contributed by atoms with E-state index in [4.69, 9.17) is 4.74 Å². The van der Waals surface area contributed by atoms with Crippen LogP contribution in [0.1, 0.15) is 62.3 Å². The van der Waals surface area contributed by atoms with Crippen molar-refractivity contribution in [2.45, 2.75) is 58.4 Å². The number of aliphatic carboxylic acids is 1. The lowest BCUT2D eigenvalue weighted by atomic mass is 9.85. The molecule has 2 fully saturated rings. The topological polar surface area (TPSA) is 70.3 Å². The van der Waals surface area contributed by atoms with E-state index < -0.39 is 12.0 Å². The molecule has 204 valence electrons. The lowest BCUT2D eigenvalue weighted by molar-refractivity contribution is -0.147. The number of benzene rings is 1. The number of carboxylic acids is 1. The molecule has 3 atom stereocenters. The Kier molecular flexibility index (Phi) is 7.51. The van der Waals surface area contributed by atoms with E-state index in [2.05, 4.69) is 56.6 Å². The first-order valence-electron chi connectivity index (χ1n) is 13.9. The molecular formula is C31H42N4O3. The van der Waals surface area contributed by atoms with Gasteiger partial charge in [-0.2, -0.15) is 0 Å². The number of imidazole rings is 1.